The van der Waals surface area contributed by atoms with Gasteiger partial charge in [-0.3, -0.25) is 13.9 Å². The van der Waals surface area contributed by atoms with Gasteiger partial charge in [0.05, 0.1) is 34.8 Å². The fraction of sp³-hybridized carbons (Fsp3) is 0.286. The Balaban J connectivity index is 2.11. The topological polar surface area (TPSA) is 105 Å². The van der Waals surface area contributed by atoms with E-state index in [2.05, 4.69) is 5.32 Å². The Bertz CT molecular complexity index is 1450. The third kappa shape index (κ3) is 6.99. The maximum Gasteiger partial charge on any atom is 0.264 e. The van der Waals surface area contributed by atoms with Crippen molar-refractivity contribution < 1.29 is 27.5 Å². The molecular weight excluding hydrogens is 577 g/mol. The minimum absolute atomic E-state index is 0.00992. The highest BCUT2D eigenvalue weighted by molar-refractivity contribution is 7.92. The molecule has 214 valence electrons. The summed E-state index contributed by atoms with van der Waals surface area (Å²) in [5, 5.41) is 3.22. The molecule has 2 amide bonds. The molecule has 0 bridgehead atoms. The second-order valence-electron chi connectivity index (χ2n) is 8.67. The van der Waals surface area contributed by atoms with Crippen LogP contribution in [0.2, 0.25) is 10.0 Å². The minimum Gasteiger partial charge on any atom is -0.497 e. The number of nitrogens with zero attached hydrogens (tertiary/aromatic N) is 2. The quantitative estimate of drug-likeness (QED) is 0.318. The molecule has 0 aliphatic heterocycles. The molecule has 9 nitrogen and oxygen atoms in total. The lowest BCUT2D eigenvalue weighted by atomic mass is 10.1. The van der Waals surface area contributed by atoms with E-state index in [0.717, 1.165) is 4.31 Å². The van der Waals surface area contributed by atoms with Crippen LogP contribution in [0.5, 0.6) is 11.5 Å². The lowest BCUT2D eigenvalue weighted by molar-refractivity contribution is -0.140. The van der Waals surface area contributed by atoms with Gasteiger partial charge in [0.15, 0.2) is 0 Å². The number of para-hydroxylation sites is 2. The van der Waals surface area contributed by atoms with Crippen LogP contribution in [-0.4, -0.2) is 59.0 Å². The number of benzene rings is 3. The monoisotopic (exact) mass is 607 g/mol. The van der Waals surface area contributed by atoms with Crippen LogP contribution in [-0.2, 0) is 26.2 Å². The number of hydrogen-bond donors (Lipinski definition) is 1. The van der Waals surface area contributed by atoms with E-state index < -0.39 is 34.4 Å². The van der Waals surface area contributed by atoms with E-state index >= 15 is 0 Å². The number of likely N-dealkylation sites (N-methyl/N-ethyl adjacent to an activating group) is 1. The van der Waals surface area contributed by atoms with E-state index in [4.69, 9.17) is 32.7 Å². The predicted molar refractivity (Wildman–Crippen MR) is 156 cm³/mol. The van der Waals surface area contributed by atoms with Crippen molar-refractivity contribution >= 4 is 50.7 Å². The molecule has 0 aromatic heterocycles. The third-order valence-corrected chi connectivity index (χ3v) is 8.76. The number of carbonyl (C=O) groups is 2. The molecule has 0 radical (unpaired) electrons. The Morgan fingerprint density at radius 3 is 2.20 bits per heavy atom. The molecule has 0 aliphatic rings. The molecule has 40 heavy (non-hydrogen) atoms. The molecule has 0 aliphatic carbocycles. The first-order chi connectivity index (χ1) is 19.1. The van der Waals surface area contributed by atoms with Crippen LogP contribution in [0.1, 0.15) is 18.9 Å². The number of anilines is 1. The summed E-state index contributed by atoms with van der Waals surface area (Å²) in [4.78, 5) is 28.1. The Kier molecular flexibility index (Phi) is 10.7. The Morgan fingerprint density at radius 2 is 1.62 bits per heavy atom. The molecule has 0 spiro atoms. The van der Waals surface area contributed by atoms with Crippen LogP contribution in [0.4, 0.5) is 5.69 Å². The number of amides is 2. The minimum atomic E-state index is -4.27. The summed E-state index contributed by atoms with van der Waals surface area (Å²) in [5.41, 5.74) is 0.781. The van der Waals surface area contributed by atoms with E-state index in [9.17, 15) is 18.0 Å². The Labute approximate surface area is 244 Å². The average Bonchev–Trinajstić information content (AvgIpc) is 2.97. The molecule has 0 saturated carbocycles. The number of nitrogens with one attached hydrogen (secondary N) is 1. The molecule has 1 atom stereocenters. The maximum atomic E-state index is 14.0. The zero-order valence-electron chi connectivity index (χ0n) is 22.6. The predicted octanol–water partition coefficient (Wildman–Crippen LogP) is 4.76. The fourth-order valence-electron chi connectivity index (χ4n) is 4.14. The van der Waals surface area contributed by atoms with Crippen LogP contribution in [0.3, 0.4) is 0 Å². The number of hydrogen-bond acceptors (Lipinski definition) is 6. The average molecular weight is 609 g/mol. The molecule has 0 fully saturated rings. The van der Waals surface area contributed by atoms with Crippen molar-refractivity contribution in [2.45, 2.75) is 30.8 Å². The highest BCUT2D eigenvalue weighted by atomic mass is 35.5. The highest BCUT2D eigenvalue weighted by Crippen LogP contribution is 2.33. The highest BCUT2D eigenvalue weighted by Gasteiger charge is 2.34. The Morgan fingerprint density at radius 1 is 0.950 bits per heavy atom. The third-order valence-electron chi connectivity index (χ3n) is 6.25. The van der Waals surface area contributed by atoms with E-state index in [-0.39, 0.29) is 34.3 Å². The van der Waals surface area contributed by atoms with Crippen LogP contribution < -0.4 is 19.1 Å². The summed E-state index contributed by atoms with van der Waals surface area (Å²) >= 11 is 12.3. The number of halogens is 2. The van der Waals surface area contributed by atoms with E-state index in [0.29, 0.717) is 16.3 Å². The van der Waals surface area contributed by atoms with E-state index in [1.54, 1.807) is 49.4 Å². The van der Waals surface area contributed by atoms with Gasteiger partial charge in [-0.25, -0.2) is 8.42 Å². The van der Waals surface area contributed by atoms with Gasteiger partial charge in [-0.2, -0.15) is 0 Å². The maximum absolute atomic E-state index is 14.0. The van der Waals surface area contributed by atoms with Crippen molar-refractivity contribution in [1.82, 2.24) is 10.2 Å². The van der Waals surface area contributed by atoms with Crippen molar-refractivity contribution in [1.29, 1.82) is 0 Å². The normalized spacial score (nSPS) is 11.8. The van der Waals surface area contributed by atoms with Gasteiger partial charge in [-0.05, 0) is 60.5 Å². The van der Waals surface area contributed by atoms with Gasteiger partial charge in [0, 0.05) is 13.6 Å². The fourth-order valence-corrected chi connectivity index (χ4v) is 5.89. The van der Waals surface area contributed by atoms with Gasteiger partial charge in [-0.1, -0.05) is 48.3 Å². The van der Waals surface area contributed by atoms with Crippen LogP contribution in [0.25, 0.3) is 0 Å². The van der Waals surface area contributed by atoms with E-state index in [1.165, 1.54) is 50.4 Å². The second-order valence-corrected chi connectivity index (χ2v) is 11.3. The first-order valence-corrected chi connectivity index (χ1v) is 14.5. The zero-order chi connectivity index (χ0) is 29.4. The van der Waals surface area contributed by atoms with Gasteiger partial charge in [0.25, 0.3) is 10.0 Å². The molecular formula is C28H31Cl2N3O6S. The largest absolute Gasteiger partial charge is 0.497 e. The lowest BCUT2D eigenvalue weighted by Crippen LogP contribution is -2.51. The van der Waals surface area contributed by atoms with E-state index in [1.807, 2.05) is 0 Å². The van der Waals surface area contributed by atoms with Gasteiger partial charge in [-0.15, -0.1) is 0 Å². The number of carbonyl (C=O) groups excluding carboxylic acids is 2. The first kappa shape index (κ1) is 31.1. The molecule has 3 aromatic rings. The summed E-state index contributed by atoms with van der Waals surface area (Å²) in [6.45, 7) is 1.15. The molecule has 3 aromatic carbocycles. The SMILES string of the molecule is CCC(C(=O)NC)N(Cc1ccc(Cl)c(Cl)c1)C(=O)CN(c1ccccc1OC)S(=O)(=O)c1ccc(OC)cc1. The van der Waals surface area contributed by atoms with Crippen molar-refractivity contribution in [3.63, 3.8) is 0 Å². The van der Waals surface area contributed by atoms with Crippen LogP contribution >= 0.6 is 23.2 Å². The molecule has 3 rings (SSSR count). The van der Waals surface area contributed by atoms with Gasteiger partial charge >= 0.3 is 0 Å². The lowest BCUT2D eigenvalue weighted by Gasteiger charge is -2.33. The number of methoxy groups -OCH3 is 2. The summed E-state index contributed by atoms with van der Waals surface area (Å²) in [6, 6.07) is 16.3. The number of rotatable bonds is 12. The van der Waals surface area contributed by atoms with Gasteiger partial charge < -0.3 is 19.7 Å². The standard InChI is InChI=1S/C28H31Cl2N3O6S/c1-5-24(28(35)31-2)32(17-19-10-15-22(29)23(30)16-19)27(34)18-33(25-8-6-7-9-26(25)39-4)40(36,37)21-13-11-20(38-3)12-14-21/h6-16,24H,5,17-18H2,1-4H3,(H,31,35). The molecule has 12 heteroatoms. The molecule has 0 heterocycles. The summed E-state index contributed by atoms with van der Waals surface area (Å²) in [6.07, 6.45) is 0.284. The molecule has 1 unspecified atom stereocenters. The van der Waals surface area contributed by atoms with Crippen molar-refractivity contribution in [3.8, 4) is 11.5 Å². The first-order valence-electron chi connectivity index (χ1n) is 12.3. The smallest absolute Gasteiger partial charge is 0.264 e. The number of ether oxygens (including phenoxy) is 2. The van der Waals surface area contributed by atoms with Crippen molar-refractivity contribution in [3.05, 3.63) is 82.3 Å². The summed E-state index contributed by atoms with van der Waals surface area (Å²) < 4.78 is 39.5. The van der Waals surface area contributed by atoms with Crippen molar-refractivity contribution in [2.75, 3.05) is 32.1 Å². The Hall–Kier alpha value is -3.47. The van der Waals surface area contributed by atoms with Crippen molar-refractivity contribution in [2.24, 2.45) is 0 Å². The summed E-state index contributed by atoms with van der Waals surface area (Å²) in [5.74, 6) is -0.271. The van der Waals surface area contributed by atoms with Gasteiger partial charge in [0.2, 0.25) is 11.8 Å². The molecule has 1 N–H and O–H groups in total. The van der Waals surface area contributed by atoms with Crippen LogP contribution in [0.15, 0.2) is 71.6 Å². The summed E-state index contributed by atoms with van der Waals surface area (Å²) in [7, 11) is 0.0871. The number of sulfonamides is 1. The van der Waals surface area contributed by atoms with Crippen LogP contribution in [0, 0.1) is 0 Å². The second kappa shape index (κ2) is 13.7. The van der Waals surface area contributed by atoms with Gasteiger partial charge in [0.1, 0.15) is 24.1 Å². The molecule has 0 saturated heterocycles. The zero-order valence-corrected chi connectivity index (χ0v) is 24.9.